The lowest BCUT2D eigenvalue weighted by Gasteiger charge is -2.11. The van der Waals surface area contributed by atoms with E-state index in [1.54, 1.807) is 6.07 Å². The molecule has 0 aliphatic heterocycles. The van der Waals surface area contributed by atoms with Gasteiger partial charge in [-0.3, -0.25) is 0 Å². The monoisotopic (exact) mass is 312 g/mol. The number of hydrogen-bond acceptors (Lipinski definition) is 4. The molecular weight excluding hydrogens is 292 g/mol. The highest BCUT2D eigenvalue weighted by Gasteiger charge is 2.65. The highest BCUT2D eigenvalue weighted by atomic mass is 32.2. The fraction of sp³-hybridized carbons (Fsp3) is 0.714. The lowest BCUT2D eigenvalue weighted by atomic mass is 10.0. The maximum absolute atomic E-state index is 12.6. The van der Waals surface area contributed by atoms with Gasteiger partial charge in [-0.2, -0.15) is 0 Å². The largest absolute Gasteiger partial charge is 0.315 e. The van der Waals surface area contributed by atoms with E-state index >= 15 is 0 Å². The van der Waals surface area contributed by atoms with E-state index in [0.717, 1.165) is 16.7 Å². The zero-order chi connectivity index (χ0) is 13.9. The average Bonchev–Trinajstić information content (AvgIpc) is 2.83. The number of sulfonamides is 1. The normalized spacial score (nSPS) is 38.1. The van der Waals surface area contributed by atoms with Crippen LogP contribution in [0.15, 0.2) is 16.3 Å². The van der Waals surface area contributed by atoms with Crippen molar-refractivity contribution < 1.29 is 8.42 Å². The van der Waals surface area contributed by atoms with Crippen LogP contribution in [0.25, 0.3) is 0 Å². The van der Waals surface area contributed by atoms with Crippen molar-refractivity contribution in [2.75, 3.05) is 7.05 Å². The van der Waals surface area contributed by atoms with E-state index < -0.39 is 10.0 Å². The van der Waals surface area contributed by atoms with Crippen LogP contribution in [0, 0.1) is 23.7 Å². The van der Waals surface area contributed by atoms with Crippen LogP contribution in [0.2, 0.25) is 0 Å². The topological polar surface area (TPSA) is 58.2 Å². The molecule has 4 rings (SSSR count). The molecule has 4 nitrogen and oxygen atoms in total. The van der Waals surface area contributed by atoms with Crippen LogP contribution in [0.4, 0.5) is 0 Å². The van der Waals surface area contributed by atoms with Crippen LogP contribution in [0.3, 0.4) is 0 Å². The van der Waals surface area contributed by atoms with Gasteiger partial charge in [-0.05, 0) is 61.4 Å². The Hall–Kier alpha value is -0.430. The van der Waals surface area contributed by atoms with Crippen molar-refractivity contribution >= 4 is 21.4 Å². The Balaban J connectivity index is 1.52. The zero-order valence-electron chi connectivity index (χ0n) is 11.5. The van der Waals surface area contributed by atoms with Crippen molar-refractivity contribution in [1.82, 2.24) is 10.0 Å². The van der Waals surface area contributed by atoms with E-state index in [4.69, 9.17) is 0 Å². The first kappa shape index (κ1) is 13.2. The predicted molar refractivity (Wildman–Crippen MR) is 79.0 cm³/mol. The molecule has 0 aromatic carbocycles. The molecule has 2 bridgehead atoms. The second kappa shape index (κ2) is 4.53. The van der Waals surface area contributed by atoms with Gasteiger partial charge in [-0.1, -0.05) is 0 Å². The van der Waals surface area contributed by atoms with Crippen LogP contribution in [-0.4, -0.2) is 21.5 Å². The van der Waals surface area contributed by atoms with Gasteiger partial charge in [0.2, 0.25) is 10.0 Å². The summed E-state index contributed by atoms with van der Waals surface area (Å²) < 4.78 is 28.1. The maximum Gasteiger partial charge on any atom is 0.241 e. The first-order chi connectivity index (χ1) is 9.62. The molecule has 110 valence electrons. The van der Waals surface area contributed by atoms with Crippen LogP contribution >= 0.6 is 11.3 Å². The molecule has 0 radical (unpaired) electrons. The number of rotatable bonds is 5. The van der Waals surface area contributed by atoms with E-state index in [0.29, 0.717) is 23.3 Å². The summed E-state index contributed by atoms with van der Waals surface area (Å²) in [5.74, 6) is 2.85. The molecule has 3 aliphatic rings. The average molecular weight is 312 g/mol. The van der Waals surface area contributed by atoms with Crippen molar-refractivity contribution in [3.8, 4) is 0 Å². The lowest BCUT2D eigenvalue weighted by Crippen LogP contribution is -2.30. The minimum atomic E-state index is -3.35. The second-order valence-electron chi connectivity index (χ2n) is 6.37. The van der Waals surface area contributed by atoms with E-state index in [1.165, 1.54) is 30.6 Å². The predicted octanol–water partition coefficient (Wildman–Crippen LogP) is 1.79. The number of nitrogens with one attached hydrogen (secondary N) is 2. The van der Waals surface area contributed by atoms with Crippen molar-refractivity contribution in [1.29, 1.82) is 0 Å². The third-order valence-corrected chi connectivity index (χ3v) is 7.95. The molecule has 0 spiro atoms. The molecule has 1 aromatic rings. The third-order valence-electron chi connectivity index (χ3n) is 5.36. The fourth-order valence-corrected chi connectivity index (χ4v) is 7.34. The van der Waals surface area contributed by atoms with Gasteiger partial charge in [-0.25, -0.2) is 13.1 Å². The molecule has 1 aromatic heterocycles. The molecule has 3 saturated carbocycles. The number of fused-ring (bicyclic) bond motifs is 5. The van der Waals surface area contributed by atoms with Gasteiger partial charge in [0.1, 0.15) is 0 Å². The SMILES string of the molecule is CNCc1sccc1S(=O)(=O)NC1C2C3CCC(C3)C12. The molecule has 4 atom stereocenters. The Kier molecular flexibility index (Phi) is 3.00. The Morgan fingerprint density at radius 1 is 1.30 bits per heavy atom. The van der Waals surface area contributed by atoms with Gasteiger partial charge in [0.25, 0.3) is 0 Å². The number of thiophene rings is 1. The Bertz CT molecular complexity index is 609. The first-order valence-electron chi connectivity index (χ1n) is 7.35. The summed E-state index contributed by atoms with van der Waals surface area (Å²) >= 11 is 1.50. The molecule has 3 aliphatic carbocycles. The minimum absolute atomic E-state index is 0.216. The van der Waals surface area contributed by atoms with Crippen LogP contribution in [0.1, 0.15) is 24.1 Å². The Morgan fingerprint density at radius 3 is 2.65 bits per heavy atom. The van der Waals surface area contributed by atoms with Crippen molar-refractivity contribution in [2.24, 2.45) is 23.7 Å². The smallest absolute Gasteiger partial charge is 0.241 e. The van der Waals surface area contributed by atoms with Crippen molar-refractivity contribution in [3.63, 3.8) is 0 Å². The molecule has 3 fully saturated rings. The van der Waals surface area contributed by atoms with Gasteiger partial charge < -0.3 is 5.32 Å². The van der Waals surface area contributed by atoms with Crippen LogP contribution in [-0.2, 0) is 16.6 Å². The number of hydrogen-bond donors (Lipinski definition) is 2. The molecule has 0 amide bonds. The van der Waals surface area contributed by atoms with Gasteiger partial charge in [0.15, 0.2) is 0 Å². The molecule has 6 heteroatoms. The minimum Gasteiger partial charge on any atom is -0.315 e. The molecule has 20 heavy (non-hydrogen) atoms. The molecule has 1 heterocycles. The summed E-state index contributed by atoms with van der Waals surface area (Å²) in [6, 6.07) is 1.94. The fourth-order valence-electron chi connectivity index (χ4n) is 4.58. The summed E-state index contributed by atoms with van der Waals surface area (Å²) in [5, 5.41) is 4.89. The van der Waals surface area contributed by atoms with Gasteiger partial charge >= 0.3 is 0 Å². The Morgan fingerprint density at radius 2 is 2.00 bits per heavy atom. The summed E-state index contributed by atoms with van der Waals surface area (Å²) in [6.07, 6.45) is 3.97. The zero-order valence-corrected chi connectivity index (χ0v) is 13.1. The highest BCUT2D eigenvalue weighted by molar-refractivity contribution is 7.89. The van der Waals surface area contributed by atoms with E-state index in [1.807, 2.05) is 12.4 Å². The third kappa shape index (κ3) is 1.89. The highest BCUT2D eigenvalue weighted by Crippen LogP contribution is 2.65. The van der Waals surface area contributed by atoms with Crippen LogP contribution < -0.4 is 10.0 Å². The molecule has 2 N–H and O–H groups in total. The van der Waals surface area contributed by atoms with Gasteiger partial charge in [-0.15, -0.1) is 11.3 Å². The molecule has 0 saturated heterocycles. The van der Waals surface area contributed by atoms with E-state index in [9.17, 15) is 8.42 Å². The summed E-state index contributed by atoms with van der Waals surface area (Å²) in [6.45, 7) is 0.608. The second-order valence-corrected chi connectivity index (χ2v) is 9.06. The lowest BCUT2D eigenvalue weighted by molar-refractivity contribution is 0.456. The molecular formula is C14H20N2O2S2. The Labute approximate surface area is 124 Å². The van der Waals surface area contributed by atoms with Crippen molar-refractivity contribution in [2.45, 2.75) is 36.7 Å². The summed E-state index contributed by atoms with van der Waals surface area (Å²) in [5.41, 5.74) is 0. The standard InChI is InChI=1S/C14H20N2O2S2/c1-15-7-10-11(4-5-19-10)20(17,18)16-14-12-8-2-3-9(6-8)13(12)14/h4-5,8-9,12-16H,2-3,6-7H2,1H3. The van der Waals surface area contributed by atoms with E-state index in [-0.39, 0.29) is 6.04 Å². The van der Waals surface area contributed by atoms with Gasteiger partial charge in [0.05, 0.1) is 4.90 Å². The summed E-state index contributed by atoms with van der Waals surface area (Å²) in [7, 11) is -1.51. The van der Waals surface area contributed by atoms with Crippen molar-refractivity contribution in [3.05, 3.63) is 16.3 Å². The van der Waals surface area contributed by atoms with Gasteiger partial charge in [0, 0.05) is 17.5 Å². The summed E-state index contributed by atoms with van der Waals surface area (Å²) in [4.78, 5) is 1.36. The molecule has 4 unspecified atom stereocenters. The first-order valence-corrected chi connectivity index (χ1v) is 9.71. The maximum atomic E-state index is 12.6. The van der Waals surface area contributed by atoms with E-state index in [2.05, 4.69) is 10.0 Å². The van der Waals surface area contributed by atoms with Crippen LogP contribution in [0.5, 0.6) is 0 Å². The quantitative estimate of drug-likeness (QED) is 0.871.